The van der Waals surface area contributed by atoms with E-state index in [0.29, 0.717) is 17.8 Å². The molecule has 2 aromatic rings. The van der Waals surface area contributed by atoms with Crippen molar-refractivity contribution in [3.63, 3.8) is 0 Å². The summed E-state index contributed by atoms with van der Waals surface area (Å²) in [5, 5.41) is 5.51. The maximum atomic E-state index is 13.5. The highest BCUT2D eigenvalue weighted by Crippen LogP contribution is 2.40. The molecule has 0 radical (unpaired) electrons. The molecule has 2 atom stereocenters. The van der Waals surface area contributed by atoms with Crippen LogP contribution in [0.2, 0.25) is 0 Å². The zero-order chi connectivity index (χ0) is 30.2. The number of likely N-dealkylation sites (tertiary alicyclic amines) is 1. The number of fused-ring (bicyclic) bond motifs is 1. The van der Waals surface area contributed by atoms with Gasteiger partial charge >= 0.3 is 18.4 Å². The number of amides is 3. The summed E-state index contributed by atoms with van der Waals surface area (Å²) in [5.74, 6) is -2.14. The molecule has 0 bridgehead atoms. The summed E-state index contributed by atoms with van der Waals surface area (Å²) in [4.78, 5) is 39.5. The molecule has 0 aliphatic carbocycles. The van der Waals surface area contributed by atoms with Crippen LogP contribution in [-0.4, -0.2) is 66.4 Å². The Kier molecular flexibility index (Phi) is 7.91. The van der Waals surface area contributed by atoms with Crippen molar-refractivity contribution in [1.82, 2.24) is 9.91 Å². The van der Waals surface area contributed by atoms with E-state index in [0.717, 1.165) is 5.56 Å². The van der Waals surface area contributed by atoms with E-state index in [1.54, 1.807) is 30.3 Å². The lowest BCUT2D eigenvalue weighted by molar-refractivity contribution is -0.147. The normalized spacial score (nSPS) is 19.9. The molecule has 3 amide bonds. The molecule has 0 saturated carbocycles. The van der Waals surface area contributed by atoms with Gasteiger partial charge in [0.05, 0.1) is 16.8 Å². The SMILES string of the molecule is CN1N=C2CCN(C(=O)C(COc3cc(C(F)(F)F)cc(C(F)(F)F)c3)OC(N)=O)C[C@@]2(Cc2ccccc2)C1=O. The number of nitrogens with zero attached hydrogens (tertiary/aromatic N) is 3. The lowest BCUT2D eigenvalue weighted by Crippen LogP contribution is -2.58. The van der Waals surface area contributed by atoms with E-state index in [9.17, 15) is 40.7 Å². The zero-order valence-corrected chi connectivity index (χ0v) is 21.5. The molecular formula is C26H24F6N4O5. The second-order valence-electron chi connectivity index (χ2n) is 9.61. The first-order valence-corrected chi connectivity index (χ1v) is 12.2. The average Bonchev–Trinajstić information content (AvgIpc) is 3.14. The molecule has 1 saturated heterocycles. The van der Waals surface area contributed by atoms with Crippen LogP contribution >= 0.6 is 0 Å². The number of benzene rings is 2. The Balaban J connectivity index is 1.59. The Morgan fingerprint density at radius 2 is 1.66 bits per heavy atom. The van der Waals surface area contributed by atoms with Crippen LogP contribution in [0, 0.1) is 5.41 Å². The second-order valence-corrected chi connectivity index (χ2v) is 9.61. The van der Waals surface area contributed by atoms with Crippen molar-refractivity contribution < 1.29 is 50.2 Å². The molecule has 4 rings (SSSR count). The highest BCUT2D eigenvalue weighted by Gasteiger charge is 2.54. The number of nitrogens with two attached hydrogens (primary N) is 1. The first kappa shape index (κ1) is 29.7. The summed E-state index contributed by atoms with van der Waals surface area (Å²) >= 11 is 0. The van der Waals surface area contributed by atoms with Crippen molar-refractivity contribution in [1.29, 1.82) is 0 Å². The van der Waals surface area contributed by atoms with Crippen LogP contribution in [-0.2, 0) is 33.1 Å². The third-order valence-corrected chi connectivity index (χ3v) is 6.76. The number of ether oxygens (including phenoxy) is 2. The van der Waals surface area contributed by atoms with Crippen molar-refractivity contribution in [3.8, 4) is 5.75 Å². The maximum absolute atomic E-state index is 13.5. The number of hydrazone groups is 1. The Hall–Kier alpha value is -4.30. The van der Waals surface area contributed by atoms with Crippen molar-refractivity contribution >= 4 is 23.6 Å². The van der Waals surface area contributed by atoms with E-state index < -0.39 is 59.4 Å². The van der Waals surface area contributed by atoms with Gasteiger partial charge in [0.1, 0.15) is 17.8 Å². The first-order valence-electron chi connectivity index (χ1n) is 12.2. The zero-order valence-electron chi connectivity index (χ0n) is 21.5. The van der Waals surface area contributed by atoms with Crippen LogP contribution in [0.1, 0.15) is 23.1 Å². The van der Waals surface area contributed by atoms with Crippen molar-refractivity contribution in [3.05, 3.63) is 65.2 Å². The van der Waals surface area contributed by atoms with Gasteiger partial charge in [-0.25, -0.2) is 9.80 Å². The fourth-order valence-electron chi connectivity index (χ4n) is 4.90. The lowest BCUT2D eigenvalue weighted by Gasteiger charge is -2.40. The molecule has 2 heterocycles. The number of primary amides is 1. The molecule has 2 aliphatic rings. The lowest BCUT2D eigenvalue weighted by atomic mass is 9.73. The van der Waals surface area contributed by atoms with Crippen LogP contribution in [0.25, 0.3) is 0 Å². The molecule has 2 aliphatic heterocycles. The van der Waals surface area contributed by atoms with Gasteiger partial charge in [-0.15, -0.1) is 0 Å². The van der Waals surface area contributed by atoms with E-state index in [2.05, 4.69) is 5.10 Å². The number of hydrogen-bond donors (Lipinski definition) is 1. The van der Waals surface area contributed by atoms with Crippen molar-refractivity contribution in [2.24, 2.45) is 16.3 Å². The number of carbonyl (C=O) groups is 3. The van der Waals surface area contributed by atoms with Crippen LogP contribution in [0.3, 0.4) is 0 Å². The third kappa shape index (κ3) is 6.38. The van der Waals surface area contributed by atoms with Crippen LogP contribution in [0.15, 0.2) is 53.6 Å². The summed E-state index contributed by atoms with van der Waals surface area (Å²) in [6, 6.07) is 9.53. The standard InChI is InChI=1S/C26H24F6N4O5/c1-35-22(38)24(12-15-5-3-2-4-6-15)14-36(8-7-20(24)34-35)21(37)19(41-23(33)39)13-40-18-10-16(25(27,28)29)9-17(11-18)26(30,31)32/h2-6,9-11,19H,7-8,12-14H2,1H3,(H2,33,39)/t19?,24-/m1/s1. The summed E-state index contributed by atoms with van der Waals surface area (Å²) in [5.41, 5.74) is 1.93. The Morgan fingerprint density at radius 3 is 2.22 bits per heavy atom. The average molecular weight is 586 g/mol. The number of carbonyl (C=O) groups excluding carboxylic acids is 3. The quantitative estimate of drug-likeness (QED) is 0.495. The fourth-order valence-corrected chi connectivity index (χ4v) is 4.90. The highest BCUT2D eigenvalue weighted by molar-refractivity contribution is 6.13. The topological polar surface area (TPSA) is 115 Å². The third-order valence-electron chi connectivity index (χ3n) is 6.76. The number of halogens is 6. The summed E-state index contributed by atoms with van der Waals surface area (Å²) < 4.78 is 89.3. The van der Waals surface area contributed by atoms with E-state index >= 15 is 0 Å². The number of hydrogen-bond acceptors (Lipinski definition) is 6. The van der Waals surface area contributed by atoms with Gasteiger partial charge in [-0.2, -0.15) is 31.4 Å². The number of piperidine rings is 1. The monoisotopic (exact) mass is 586 g/mol. The van der Waals surface area contributed by atoms with Crippen LogP contribution in [0.5, 0.6) is 5.75 Å². The molecular weight excluding hydrogens is 562 g/mol. The molecule has 1 unspecified atom stereocenters. The molecule has 2 N–H and O–H groups in total. The summed E-state index contributed by atoms with van der Waals surface area (Å²) in [7, 11) is 1.48. The molecule has 9 nitrogen and oxygen atoms in total. The smallest absolute Gasteiger partial charge is 0.416 e. The van der Waals surface area contributed by atoms with E-state index in [4.69, 9.17) is 15.2 Å². The Labute approximate surface area is 229 Å². The van der Waals surface area contributed by atoms with Crippen molar-refractivity contribution in [2.45, 2.75) is 31.3 Å². The number of rotatable bonds is 7. The van der Waals surface area contributed by atoms with Gasteiger partial charge in [0.25, 0.3) is 11.8 Å². The van der Waals surface area contributed by atoms with E-state index in [-0.39, 0.29) is 37.9 Å². The van der Waals surface area contributed by atoms with Gasteiger partial charge in [-0.3, -0.25) is 9.59 Å². The van der Waals surface area contributed by atoms with Crippen molar-refractivity contribution in [2.75, 3.05) is 26.7 Å². The molecule has 15 heteroatoms. The highest BCUT2D eigenvalue weighted by atomic mass is 19.4. The summed E-state index contributed by atoms with van der Waals surface area (Å²) in [6.07, 6.45) is -13.1. The van der Waals surface area contributed by atoms with Gasteiger partial charge < -0.3 is 20.1 Å². The molecule has 0 spiro atoms. The maximum Gasteiger partial charge on any atom is 0.416 e. The molecule has 41 heavy (non-hydrogen) atoms. The minimum absolute atomic E-state index is 0.0374. The second kappa shape index (κ2) is 10.9. The fraction of sp³-hybridized carbons (Fsp3) is 0.385. The first-order chi connectivity index (χ1) is 19.1. The molecule has 2 aromatic carbocycles. The van der Waals surface area contributed by atoms with Crippen LogP contribution < -0.4 is 10.5 Å². The minimum atomic E-state index is -5.13. The predicted octanol–water partition coefficient (Wildman–Crippen LogP) is 3.86. The molecule has 0 aromatic heterocycles. The van der Waals surface area contributed by atoms with Gasteiger partial charge in [0.2, 0.25) is 6.10 Å². The van der Waals surface area contributed by atoms with Gasteiger partial charge in [-0.05, 0) is 30.2 Å². The van der Waals surface area contributed by atoms with E-state index in [1.807, 2.05) is 0 Å². The molecule has 1 fully saturated rings. The summed E-state index contributed by atoms with van der Waals surface area (Å²) in [6.45, 7) is -1.09. The Morgan fingerprint density at radius 1 is 1.05 bits per heavy atom. The Bertz CT molecular complexity index is 1330. The number of alkyl halides is 6. The van der Waals surface area contributed by atoms with Gasteiger partial charge in [-0.1, -0.05) is 30.3 Å². The minimum Gasteiger partial charge on any atom is -0.489 e. The van der Waals surface area contributed by atoms with Gasteiger partial charge in [0.15, 0.2) is 0 Å². The van der Waals surface area contributed by atoms with Gasteiger partial charge in [0, 0.05) is 26.6 Å². The predicted molar refractivity (Wildman–Crippen MR) is 130 cm³/mol. The van der Waals surface area contributed by atoms with Crippen LogP contribution in [0.4, 0.5) is 31.1 Å². The molecule has 220 valence electrons. The largest absolute Gasteiger partial charge is 0.489 e. The van der Waals surface area contributed by atoms with E-state index in [1.165, 1.54) is 17.0 Å².